The Labute approximate surface area is 149 Å². The predicted octanol–water partition coefficient (Wildman–Crippen LogP) is 3.25. The Morgan fingerprint density at radius 2 is 1.96 bits per heavy atom. The molecule has 7 heteroatoms. The van der Waals surface area contributed by atoms with Crippen LogP contribution in [0.25, 0.3) is 0 Å². The third-order valence-corrected chi connectivity index (χ3v) is 3.73. The molecular weight excluding hydrogens is 342 g/mol. The minimum Gasteiger partial charge on any atom is -0.497 e. The molecule has 0 aliphatic rings. The van der Waals surface area contributed by atoms with Crippen LogP contribution in [0.4, 0.5) is 0 Å². The summed E-state index contributed by atoms with van der Waals surface area (Å²) in [5.41, 5.74) is 1.84. The van der Waals surface area contributed by atoms with Gasteiger partial charge in [-0.2, -0.15) is 0 Å². The molecule has 0 spiro atoms. The first-order chi connectivity index (χ1) is 12.1. The van der Waals surface area contributed by atoms with E-state index in [0.717, 1.165) is 16.9 Å². The molecule has 1 amide bonds. The zero-order valence-electron chi connectivity index (χ0n) is 13.5. The monoisotopic (exact) mass is 357 g/mol. The number of benzene rings is 2. The number of halogens is 1. The van der Waals surface area contributed by atoms with Crippen LogP contribution in [-0.4, -0.2) is 23.2 Å². The van der Waals surface area contributed by atoms with Gasteiger partial charge in [0.15, 0.2) is 0 Å². The first-order valence-corrected chi connectivity index (χ1v) is 8.00. The molecule has 0 saturated heterocycles. The second-order valence-electron chi connectivity index (χ2n) is 5.34. The minimum absolute atomic E-state index is 0.0695. The highest BCUT2D eigenvalue weighted by Crippen LogP contribution is 2.15. The number of amides is 1. The van der Waals surface area contributed by atoms with Crippen LogP contribution in [0.3, 0.4) is 0 Å². The number of ether oxygens (including phenoxy) is 1. The molecule has 1 N–H and O–H groups in total. The van der Waals surface area contributed by atoms with Gasteiger partial charge in [0.1, 0.15) is 5.75 Å². The van der Waals surface area contributed by atoms with Gasteiger partial charge in [-0.1, -0.05) is 35.9 Å². The van der Waals surface area contributed by atoms with Crippen molar-refractivity contribution >= 4 is 17.5 Å². The van der Waals surface area contributed by atoms with Crippen molar-refractivity contribution in [2.75, 3.05) is 7.11 Å². The molecule has 0 aliphatic carbocycles. The van der Waals surface area contributed by atoms with Gasteiger partial charge in [-0.3, -0.25) is 4.79 Å². The van der Waals surface area contributed by atoms with E-state index in [1.54, 1.807) is 13.2 Å². The van der Waals surface area contributed by atoms with Gasteiger partial charge in [0.25, 0.3) is 0 Å². The molecule has 1 aromatic heterocycles. The highest BCUT2D eigenvalue weighted by molar-refractivity contribution is 6.30. The van der Waals surface area contributed by atoms with Crippen molar-refractivity contribution in [2.45, 2.75) is 13.0 Å². The summed E-state index contributed by atoms with van der Waals surface area (Å²) in [4.78, 5) is 12.1. The van der Waals surface area contributed by atoms with Crippen LogP contribution in [0.15, 0.2) is 52.9 Å². The zero-order chi connectivity index (χ0) is 17.6. The fourth-order valence-corrected chi connectivity index (χ4v) is 2.49. The molecule has 0 radical (unpaired) electrons. The van der Waals surface area contributed by atoms with Gasteiger partial charge in [0.2, 0.25) is 5.89 Å². The van der Waals surface area contributed by atoms with Gasteiger partial charge in [-0.05, 0) is 35.4 Å². The largest absolute Gasteiger partial charge is 0.497 e. The van der Waals surface area contributed by atoms with E-state index in [4.69, 9.17) is 20.8 Å². The second-order valence-corrected chi connectivity index (χ2v) is 5.78. The summed E-state index contributed by atoms with van der Waals surface area (Å²) < 4.78 is 10.6. The van der Waals surface area contributed by atoms with E-state index in [9.17, 15) is 4.79 Å². The Hall–Kier alpha value is -2.86. The second kappa shape index (κ2) is 7.81. The summed E-state index contributed by atoms with van der Waals surface area (Å²) in [6.45, 7) is 0.335. The predicted molar refractivity (Wildman–Crippen MR) is 92.7 cm³/mol. The van der Waals surface area contributed by atoms with Gasteiger partial charge in [0, 0.05) is 11.6 Å². The summed E-state index contributed by atoms with van der Waals surface area (Å²) in [6.07, 6.45) is 0.413. The highest BCUT2D eigenvalue weighted by atomic mass is 35.5. The lowest BCUT2D eigenvalue weighted by Crippen LogP contribution is -2.23. The van der Waals surface area contributed by atoms with Gasteiger partial charge in [-0.25, -0.2) is 0 Å². The number of aromatic nitrogens is 2. The topological polar surface area (TPSA) is 77.2 Å². The summed E-state index contributed by atoms with van der Waals surface area (Å²) in [5, 5.41) is 11.1. The summed E-state index contributed by atoms with van der Waals surface area (Å²) in [7, 11) is 1.59. The lowest BCUT2D eigenvalue weighted by atomic mass is 10.1. The van der Waals surface area contributed by atoms with E-state index in [1.165, 1.54) is 0 Å². The first kappa shape index (κ1) is 17.0. The quantitative estimate of drug-likeness (QED) is 0.732. The van der Waals surface area contributed by atoms with Gasteiger partial charge >= 0.3 is 11.8 Å². The zero-order valence-corrected chi connectivity index (χ0v) is 14.3. The van der Waals surface area contributed by atoms with E-state index >= 15 is 0 Å². The minimum atomic E-state index is -0.423. The van der Waals surface area contributed by atoms with Crippen LogP contribution in [0.5, 0.6) is 5.75 Å². The molecule has 0 bridgehead atoms. The Morgan fingerprint density at radius 1 is 1.16 bits per heavy atom. The van der Waals surface area contributed by atoms with Crippen molar-refractivity contribution in [3.05, 3.63) is 76.5 Å². The SMILES string of the molecule is COc1cccc(CNC(=O)c2nnc(Cc3cccc(Cl)c3)o2)c1. The fourth-order valence-electron chi connectivity index (χ4n) is 2.28. The average Bonchev–Trinajstić information content (AvgIpc) is 3.08. The van der Waals surface area contributed by atoms with Crippen molar-refractivity contribution in [1.82, 2.24) is 15.5 Å². The first-order valence-electron chi connectivity index (χ1n) is 7.62. The third-order valence-electron chi connectivity index (χ3n) is 3.49. The number of hydrogen-bond donors (Lipinski definition) is 1. The fraction of sp³-hybridized carbons (Fsp3) is 0.167. The molecule has 1 heterocycles. The van der Waals surface area contributed by atoms with Gasteiger partial charge < -0.3 is 14.5 Å². The van der Waals surface area contributed by atoms with Crippen molar-refractivity contribution < 1.29 is 13.9 Å². The average molecular weight is 358 g/mol. The van der Waals surface area contributed by atoms with E-state index in [2.05, 4.69) is 15.5 Å². The molecule has 0 fully saturated rings. The normalized spacial score (nSPS) is 10.5. The van der Waals surface area contributed by atoms with Gasteiger partial charge in [0.05, 0.1) is 13.5 Å². The Morgan fingerprint density at radius 3 is 2.76 bits per heavy atom. The van der Waals surface area contributed by atoms with Crippen LogP contribution < -0.4 is 10.1 Å². The lowest BCUT2D eigenvalue weighted by Gasteiger charge is -2.05. The van der Waals surface area contributed by atoms with Crippen LogP contribution in [0.2, 0.25) is 5.02 Å². The summed E-state index contributed by atoms with van der Waals surface area (Å²) in [5.74, 6) is 0.592. The molecule has 6 nitrogen and oxygen atoms in total. The Kier molecular flexibility index (Phi) is 5.30. The van der Waals surface area contributed by atoms with Crippen LogP contribution in [0.1, 0.15) is 27.7 Å². The van der Waals surface area contributed by atoms with Crippen LogP contribution >= 0.6 is 11.6 Å². The molecule has 0 unspecified atom stereocenters. The maximum atomic E-state index is 12.1. The molecule has 0 saturated carbocycles. The number of hydrogen-bond acceptors (Lipinski definition) is 5. The summed E-state index contributed by atoms with van der Waals surface area (Å²) >= 11 is 5.95. The van der Waals surface area contributed by atoms with E-state index in [1.807, 2.05) is 42.5 Å². The van der Waals surface area contributed by atoms with Gasteiger partial charge in [-0.15, -0.1) is 10.2 Å². The van der Waals surface area contributed by atoms with E-state index in [0.29, 0.717) is 23.9 Å². The van der Waals surface area contributed by atoms with E-state index < -0.39 is 5.91 Å². The molecule has 3 rings (SSSR count). The molecule has 25 heavy (non-hydrogen) atoms. The molecule has 3 aromatic rings. The third kappa shape index (κ3) is 4.58. The van der Waals surface area contributed by atoms with Crippen molar-refractivity contribution in [2.24, 2.45) is 0 Å². The van der Waals surface area contributed by atoms with Crippen molar-refractivity contribution in [3.8, 4) is 5.75 Å². The van der Waals surface area contributed by atoms with E-state index in [-0.39, 0.29) is 5.89 Å². The molecule has 2 aromatic carbocycles. The van der Waals surface area contributed by atoms with Crippen molar-refractivity contribution in [3.63, 3.8) is 0 Å². The van der Waals surface area contributed by atoms with Crippen LogP contribution in [-0.2, 0) is 13.0 Å². The number of carbonyl (C=O) groups is 1. The molecular formula is C18H16ClN3O3. The number of nitrogens with zero attached hydrogens (tertiary/aromatic N) is 2. The maximum absolute atomic E-state index is 12.1. The lowest BCUT2D eigenvalue weighted by molar-refractivity contribution is 0.0914. The molecule has 0 aliphatic heterocycles. The standard InChI is InChI=1S/C18H16ClN3O3/c1-24-15-7-3-5-13(9-15)11-20-17(23)18-22-21-16(25-18)10-12-4-2-6-14(19)8-12/h2-9H,10-11H2,1H3,(H,20,23). The molecule has 128 valence electrons. The summed E-state index contributed by atoms with van der Waals surface area (Å²) in [6, 6.07) is 14.8. The Bertz CT molecular complexity index is 879. The number of rotatable bonds is 6. The number of nitrogens with one attached hydrogen (secondary N) is 1. The Balaban J connectivity index is 1.60. The van der Waals surface area contributed by atoms with Crippen LogP contribution in [0, 0.1) is 0 Å². The number of methoxy groups -OCH3 is 1. The smallest absolute Gasteiger partial charge is 0.309 e. The number of carbonyl (C=O) groups excluding carboxylic acids is 1. The highest BCUT2D eigenvalue weighted by Gasteiger charge is 2.15. The molecule has 0 atom stereocenters. The maximum Gasteiger partial charge on any atom is 0.309 e. The van der Waals surface area contributed by atoms with Crippen molar-refractivity contribution in [1.29, 1.82) is 0 Å².